The molecule has 2 saturated carbocycles. The van der Waals surface area contributed by atoms with Crippen LogP contribution in [0.5, 0.6) is 0 Å². The highest BCUT2D eigenvalue weighted by molar-refractivity contribution is 6.06. The first-order valence-corrected chi connectivity index (χ1v) is 17.0. The fourth-order valence-corrected chi connectivity index (χ4v) is 7.47. The average molecular weight is 652 g/mol. The zero-order valence-corrected chi connectivity index (χ0v) is 27.0. The Bertz CT molecular complexity index is 1830. The Hall–Kier alpha value is -4.90. The van der Waals surface area contributed by atoms with E-state index in [4.69, 9.17) is 19.2 Å². The maximum Gasteiger partial charge on any atom is 0.328 e. The Kier molecular flexibility index (Phi) is 9.03. The molecule has 3 heterocycles. The Morgan fingerprint density at radius 1 is 0.958 bits per heavy atom. The van der Waals surface area contributed by atoms with Gasteiger partial charge in [-0.1, -0.05) is 38.2 Å². The summed E-state index contributed by atoms with van der Waals surface area (Å²) in [6.45, 7) is 2.47. The molecule has 3 N–H and O–H groups in total. The SMILES string of the molecule is O=C(O)/C=C/c1ccc(N2CCOCC2)c(NC(=O)C2(NC(=O)c3ccc4c(c3)nc(-c3ccoc3)n4C3CCCCC3)CCCC2)c1. The van der Waals surface area contributed by atoms with Gasteiger partial charge in [0.15, 0.2) is 0 Å². The van der Waals surface area contributed by atoms with Crippen LogP contribution in [0, 0.1) is 0 Å². The molecule has 2 aromatic heterocycles. The number of hydrogen-bond donors (Lipinski definition) is 3. The van der Waals surface area contributed by atoms with E-state index in [1.54, 1.807) is 18.6 Å². The summed E-state index contributed by atoms with van der Waals surface area (Å²) >= 11 is 0. The van der Waals surface area contributed by atoms with Gasteiger partial charge in [-0.2, -0.15) is 0 Å². The van der Waals surface area contributed by atoms with E-state index >= 15 is 0 Å². The van der Waals surface area contributed by atoms with Gasteiger partial charge in [-0.05, 0) is 73.7 Å². The number of aromatic nitrogens is 2. The number of nitrogens with zero attached hydrogens (tertiary/aromatic N) is 3. The molecule has 250 valence electrons. The highest BCUT2D eigenvalue weighted by Crippen LogP contribution is 2.37. The van der Waals surface area contributed by atoms with Gasteiger partial charge < -0.3 is 34.4 Å². The first kappa shape index (κ1) is 31.7. The highest BCUT2D eigenvalue weighted by atomic mass is 16.5. The van der Waals surface area contributed by atoms with Gasteiger partial charge in [0, 0.05) is 30.8 Å². The summed E-state index contributed by atoms with van der Waals surface area (Å²) in [5, 5.41) is 15.4. The van der Waals surface area contributed by atoms with Crippen molar-refractivity contribution in [2.24, 2.45) is 0 Å². The van der Waals surface area contributed by atoms with Crippen molar-refractivity contribution in [2.45, 2.75) is 69.4 Å². The number of aliphatic carboxylic acids is 1. The minimum Gasteiger partial charge on any atom is -0.478 e. The van der Waals surface area contributed by atoms with Crippen molar-refractivity contribution in [3.63, 3.8) is 0 Å². The van der Waals surface area contributed by atoms with Crippen LogP contribution in [0.25, 0.3) is 28.5 Å². The maximum absolute atomic E-state index is 14.2. The van der Waals surface area contributed by atoms with Gasteiger partial charge in [0.25, 0.3) is 5.91 Å². The predicted octanol–water partition coefficient (Wildman–Crippen LogP) is 6.42. The summed E-state index contributed by atoms with van der Waals surface area (Å²) in [6, 6.07) is 13.4. The molecule has 1 saturated heterocycles. The van der Waals surface area contributed by atoms with Crippen LogP contribution in [-0.4, -0.2) is 64.3 Å². The summed E-state index contributed by atoms with van der Waals surface area (Å²) in [5.74, 6) is -0.821. The molecule has 2 aliphatic carbocycles. The lowest BCUT2D eigenvalue weighted by molar-refractivity contribution is -0.131. The van der Waals surface area contributed by atoms with Crippen molar-refractivity contribution in [2.75, 3.05) is 36.5 Å². The molecule has 0 spiro atoms. The number of carboxylic acids is 1. The largest absolute Gasteiger partial charge is 0.478 e. The molecule has 7 rings (SSSR count). The number of imidazole rings is 1. The first-order valence-electron chi connectivity index (χ1n) is 17.0. The number of carboxylic acid groups (broad SMARTS) is 1. The van der Waals surface area contributed by atoms with Gasteiger partial charge in [-0.15, -0.1) is 0 Å². The third-order valence-corrected chi connectivity index (χ3v) is 9.95. The Morgan fingerprint density at radius 3 is 2.48 bits per heavy atom. The Morgan fingerprint density at radius 2 is 1.75 bits per heavy atom. The molecule has 3 fully saturated rings. The summed E-state index contributed by atoms with van der Waals surface area (Å²) in [6.07, 6.45) is 14.3. The molecular formula is C37H41N5O6. The van der Waals surface area contributed by atoms with Gasteiger partial charge >= 0.3 is 5.97 Å². The molecule has 11 nitrogen and oxygen atoms in total. The number of rotatable bonds is 9. The van der Waals surface area contributed by atoms with Gasteiger partial charge in [0.2, 0.25) is 5.91 Å². The minimum atomic E-state index is -1.09. The number of hydrogen-bond acceptors (Lipinski definition) is 7. The molecule has 3 aliphatic rings. The van der Waals surface area contributed by atoms with Crippen LogP contribution in [0.15, 0.2) is 65.5 Å². The second-order valence-corrected chi connectivity index (χ2v) is 13.1. The summed E-state index contributed by atoms with van der Waals surface area (Å²) in [7, 11) is 0. The molecule has 0 radical (unpaired) electrons. The smallest absolute Gasteiger partial charge is 0.328 e. The van der Waals surface area contributed by atoms with E-state index < -0.39 is 11.5 Å². The molecule has 0 atom stereocenters. The molecular weight excluding hydrogens is 610 g/mol. The number of anilines is 2. The average Bonchev–Trinajstić information content (AvgIpc) is 3.89. The van der Waals surface area contributed by atoms with E-state index in [1.165, 1.54) is 25.3 Å². The highest BCUT2D eigenvalue weighted by Gasteiger charge is 2.43. The molecule has 48 heavy (non-hydrogen) atoms. The number of carbonyl (C=O) groups excluding carboxylic acids is 2. The zero-order chi connectivity index (χ0) is 33.1. The fourth-order valence-electron chi connectivity index (χ4n) is 7.47. The lowest BCUT2D eigenvalue weighted by Gasteiger charge is -2.33. The van der Waals surface area contributed by atoms with E-state index in [1.807, 2.05) is 36.4 Å². The molecule has 0 unspecified atom stereocenters. The summed E-state index contributed by atoms with van der Waals surface area (Å²) < 4.78 is 13.2. The summed E-state index contributed by atoms with van der Waals surface area (Å²) in [4.78, 5) is 46.4. The molecule has 2 aromatic carbocycles. The van der Waals surface area contributed by atoms with Crippen LogP contribution in [0.1, 0.15) is 79.8 Å². The van der Waals surface area contributed by atoms with Crippen molar-refractivity contribution in [1.29, 1.82) is 0 Å². The fraction of sp³-hybridized carbons (Fsp3) is 0.405. The van der Waals surface area contributed by atoms with Crippen molar-refractivity contribution in [1.82, 2.24) is 14.9 Å². The zero-order valence-electron chi connectivity index (χ0n) is 27.0. The third-order valence-electron chi connectivity index (χ3n) is 9.95. The number of carbonyl (C=O) groups is 3. The number of furan rings is 1. The first-order chi connectivity index (χ1) is 23.4. The standard InChI is InChI=1S/C37H41N5O6/c43-33(44)13-9-25-8-11-31(41-17-20-47-21-18-41)29(22-25)39-36(46)37(15-4-5-16-37)40-35(45)26-10-12-32-30(23-26)38-34(27-14-19-48-24-27)42(32)28-6-2-1-3-7-28/h8-14,19,22-24,28H,1-7,15-18,20-21H2,(H,39,46)(H,40,45)(H,43,44)/b13-9+. The monoisotopic (exact) mass is 651 g/mol. The van der Waals surface area contributed by atoms with Crippen LogP contribution in [0.2, 0.25) is 0 Å². The second kappa shape index (κ2) is 13.7. The number of amides is 2. The molecule has 1 aliphatic heterocycles. The van der Waals surface area contributed by atoms with Crippen molar-refractivity contribution in [3.05, 3.63) is 72.2 Å². The summed E-state index contributed by atoms with van der Waals surface area (Å²) in [5.41, 5.74) is 4.01. The Balaban J connectivity index is 1.17. The number of fused-ring (bicyclic) bond motifs is 1. The van der Waals surface area contributed by atoms with Crippen LogP contribution in [-0.2, 0) is 14.3 Å². The maximum atomic E-state index is 14.2. The number of ether oxygens (including phenoxy) is 1. The van der Waals surface area contributed by atoms with Crippen molar-refractivity contribution >= 4 is 46.3 Å². The van der Waals surface area contributed by atoms with E-state index in [0.29, 0.717) is 62.0 Å². The van der Waals surface area contributed by atoms with Gasteiger partial charge in [0.1, 0.15) is 17.6 Å². The van der Waals surface area contributed by atoms with Gasteiger partial charge in [-0.25, -0.2) is 9.78 Å². The number of morpholine rings is 1. The van der Waals surface area contributed by atoms with E-state index in [2.05, 4.69) is 20.1 Å². The quantitative estimate of drug-likeness (QED) is 0.176. The molecule has 0 bridgehead atoms. The van der Waals surface area contributed by atoms with E-state index in [9.17, 15) is 14.4 Å². The van der Waals surface area contributed by atoms with E-state index in [0.717, 1.165) is 59.9 Å². The molecule has 11 heteroatoms. The van der Waals surface area contributed by atoms with Crippen LogP contribution in [0.4, 0.5) is 11.4 Å². The van der Waals surface area contributed by atoms with Crippen molar-refractivity contribution < 1.29 is 28.6 Å². The third kappa shape index (κ3) is 6.47. The number of nitrogens with one attached hydrogen (secondary N) is 2. The lowest BCUT2D eigenvalue weighted by atomic mass is 9.94. The van der Waals surface area contributed by atoms with E-state index in [-0.39, 0.29) is 11.8 Å². The lowest BCUT2D eigenvalue weighted by Crippen LogP contribution is -2.55. The van der Waals surface area contributed by atoms with Gasteiger partial charge in [-0.3, -0.25) is 9.59 Å². The minimum absolute atomic E-state index is 0.285. The topological polar surface area (TPSA) is 139 Å². The second-order valence-electron chi connectivity index (χ2n) is 13.1. The van der Waals surface area contributed by atoms with Crippen LogP contribution in [0.3, 0.4) is 0 Å². The van der Waals surface area contributed by atoms with Gasteiger partial charge in [0.05, 0.1) is 47.4 Å². The number of benzene rings is 2. The predicted molar refractivity (Wildman–Crippen MR) is 183 cm³/mol. The van der Waals surface area contributed by atoms with Crippen LogP contribution < -0.4 is 15.5 Å². The molecule has 2 amide bonds. The molecule has 4 aromatic rings. The van der Waals surface area contributed by atoms with Crippen LogP contribution >= 0.6 is 0 Å². The Labute approximate surface area is 279 Å². The van der Waals surface area contributed by atoms with Crippen molar-refractivity contribution in [3.8, 4) is 11.4 Å². The normalized spacial score (nSPS) is 18.4.